The number of halogens is 1. The van der Waals surface area contributed by atoms with Crippen LogP contribution in [-0.4, -0.2) is 24.8 Å². The molecule has 2 aliphatic heterocycles. The van der Waals surface area contributed by atoms with E-state index in [1.165, 1.54) is 0 Å². The minimum atomic E-state index is -0.663. The second-order valence-corrected chi connectivity index (χ2v) is 13.5. The van der Waals surface area contributed by atoms with E-state index in [1.54, 1.807) is 0 Å². The number of nitriles is 3. The van der Waals surface area contributed by atoms with Crippen LogP contribution in [0.25, 0.3) is 5.57 Å². The lowest BCUT2D eigenvalue weighted by Gasteiger charge is -2.40. The molecular formula is C45H34FN5. The Labute approximate surface area is 298 Å². The molecule has 3 aromatic rings. The first kappa shape index (κ1) is 31.8. The summed E-state index contributed by atoms with van der Waals surface area (Å²) >= 11 is 0. The normalized spacial score (nSPS) is 25.5. The largest absolute Gasteiger partial charge is 0.356 e. The zero-order valence-corrected chi connectivity index (χ0v) is 28.1. The highest BCUT2D eigenvalue weighted by molar-refractivity contribution is 5.74. The van der Waals surface area contributed by atoms with E-state index < -0.39 is 6.67 Å². The Morgan fingerprint density at radius 3 is 2.10 bits per heavy atom. The topological polar surface area (TPSA) is 77.8 Å². The Morgan fingerprint density at radius 2 is 1.35 bits per heavy atom. The fraction of sp³-hybridized carbons (Fsp3) is 0.178. The Hall–Kier alpha value is -6.42. The van der Waals surface area contributed by atoms with Crippen molar-refractivity contribution in [2.45, 2.75) is 42.8 Å². The van der Waals surface area contributed by atoms with E-state index in [-0.39, 0.29) is 35.9 Å². The highest BCUT2D eigenvalue weighted by atomic mass is 19.1. The van der Waals surface area contributed by atoms with Gasteiger partial charge in [-0.1, -0.05) is 85.0 Å². The number of fused-ring (bicyclic) bond motifs is 6. The van der Waals surface area contributed by atoms with E-state index in [4.69, 9.17) is 0 Å². The maximum absolute atomic E-state index is 15.0. The lowest BCUT2D eigenvalue weighted by molar-refractivity contribution is 0.524. The molecule has 6 atom stereocenters. The molecule has 5 nitrogen and oxygen atoms in total. The molecule has 0 aromatic heterocycles. The fourth-order valence-electron chi connectivity index (χ4n) is 8.48. The first-order chi connectivity index (χ1) is 25.0. The molecule has 246 valence electrons. The van der Waals surface area contributed by atoms with Crippen molar-refractivity contribution < 1.29 is 4.39 Å². The van der Waals surface area contributed by atoms with Crippen molar-refractivity contribution in [1.29, 1.82) is 15.8 Å². The molecule has 0 saturated carbocycles. The Morgan fingerprint density at radius 1 is 0.686 bits per heavy atom. The molecule has 0 bridgehead atoms. The summed E-state index contributed by atoms with van der Waals surface area (Å²) in [6.07, 6.45) is 24.4. The Balaban J connectivity index is 1.18. The van der Waals surface area contributed by atoms with Gasteiger partial charge in [0.15, 0.2) is 0 Å². The smallest absolute Gasteiger partial charge is 0.129 e. The van der Waals surface area contributed by atoms with Gasteiger partial charge in [-0.2, -0.15) is 15.8 Å². The second kappa shape index (κ2) is 13.1. The minimum absolute atomic E-state index is 0.0328. The van der Waals surface area contributed by atoms with Crippen LogP contribution in [0.2, 0.25) is 0 Å². The Kier molecular flexibility index (Phi) is 8.19. The summed E-state index contributed by atoms with van der Waals surface area (Å²) < 4.78 is 15.0. The van der Waals surface area contributed by atoms with Crippen molar-refractivity contribution >= 4 is 16.9 Å². The molecule has 5 aliphatic rings. The average Bonchev–Trinajstić information content (AvgIpc) is 3.69. The lowest BCUT2D eigenvalue weighted by Crippen LogP contribution is -2.44. The number of rotatable bonds is 6. The highest BCUT2D eigenvalue weighted by Gasteiger charge is 2.43. The molecule has 0 amide bonds. The number of hydrogen-bond acceptors (Lipinski definition) is 5. The molecule has 0 fully saturated rings. The molecule has 6 unspecified atom stereocenters. The monoisotopic (exact) mass is 663 g/mol. The van der Waals surface area contributed by atoms with Gasteiger partial charge in [-0.25, -0.2) is 4.39 Å². The van der Waals surface area contributed by atoms with Gasteiger partial charge in [0.1, 0.15) is 6.67 Å². The highest BCUT2D eigenvalue weighted by Crippen LogP contribution is 2.49. The molecule has 2 heterocycles. The van der Waals surface area contributed by atoms with E-state index in [0.29, 0.717) is 22.4 Å². The third-order valence-corrected chi connectivity index (χ3v) is 10.8. The third kappa shape index (κ3) is 5.36. The summed E-state index contributed by atoms with van der Waals surface area (Å²) in [4.78, 5) is 4.45. The maximum atomic E-state index is 15.0. The van der Waals surface area contributed by atoms with E-state index in [0.717, 1.165) is 39.2 Å². The van der Waals surface area contributed by atoms with E-state index >= 15 is 4.39 Å². The first-order valence-electron chi connectivity index (χ1n) is 17.2. The predicted molar refractivity (Wildman–Crippen MR) is 200 cm³/mol. The van der Waals surface area contributed by atoms with Gasteiger partial charge in [0.05, 0.1) is 41.9 Å². The van der Waals surface area contributed by atoms with Crippen LogP contribution in [0.15, 0.2) is 156 Å². The SMILES string of the molecule is C/C(=C\C=C(/CF)N1c2ccccc2C2C=CC(C#N)=CC21)c1ccccc1C1C=CC(C#N)=CC1N1c2ccc(C#N)cc2C2C=CC=CC21. The first-order valence-corrected chi connectivity index (χ1v) is 17.2. The van der Waals surface area contributed by atoms with Crippen LogP contribution in [0.3, 0.4) is 0 Å². The zero-order chi connectivity index (χ0) is 35.1. The van der Waals surface area contributed by atoms with Crippen molar-refractivity contribution in [2.75, 3.05) is 16.5 Å². The van der Waals surface area contributed by atoms with E-state index in [9.17, 15) is 15.8 Å². The lowest BCUT2D eigenvalue weighted by atomic mass is 9.81. The van der Waals surface area contributed by atoms with Crippen molar-refractivity contribution in [3.63, 3.8) is 0 Å². The number of alkyl halides is 1. The second-order valence-electron chi connectivity index (χ2n) is 13.5. The van der Waals surface area contributed by atoms with Crippen molar-refractivity contribution in [2.24, 2.45) is 0 Å². The number of hydrogen-bond donors (Lipinski definition) is 0. The van der Waals surface area contributed by atoms with Crippen LogP contribution in [-0.2, 0) is 0 Å². The molecule has 51 heavy (non-hydrogen) atoms. The van der Waals surface area contributed by atoms with E-state index in [2.05, 4.69) is 90.8 Å². The van der Waals surface area contributed by atoms with Crippen LogP contribution < -0.4 is 9.80 Å². The van der Waals surface area contributed by atoms with Gasteiger partial charge in [-0.3, -0.25) is 0 Å². The molecule has 8 rings (SSSR count). The summed E-state index contributed by atoms with van der Waals surface area (Å²) in [5.74, 6) is 0.0401. The van der Waals surface area contributed by atoms with Gasteiger partial charge in [0.25, 0.3) is 0 Å². The van der Waals surface area contributed by atoms with Gasteiger partial charge >= 0.3 is 0 Å². The van der Waals surface area contributed by atoms with Gasteiger partial charge < -0.3 is 9.80 Å². The standard InChI is InChI=1S/C45H34FN5/c1-29(14-18-33(25-46)50-41-12-6-4-10-36(41)39-20-16-31(27-48)23-44(39)50)34-8-2-3-9-35(34)38-19-15-32(28-49)24-45(38)51-42-13-7-5-11-37(42)40-22-30(26-47)17-21-43(40)51/h2-24,37-39,42,44-45H,25H2,1H3/b29-14+,33-18+. The van der Waals surface area contributed by atoms with Crippen molar-refractivity contribution in [1.82, 2.24) is 0 Å². The fourth-order valence-corrected chi connectivity index (χ4v) is 8.48. The van der Waals surface area contributed by atoms with Gasteiger partial charge in [-0.05, 0) is 89.4 Å². The quantitative estimate of drug-likeness (QED) is 0.246. The van der Waals surface area contributed by atoms with Gasteiger partial charge in [0.2, 0.25) is 0 Å². The molecule has 3 aliphatic carbocycles. The summed E-state index contributed by atoms with van der Waals surface area (Å²) in [6.45, 7) is 1.39. The van der Waals surface area contributed by atoms with Crippen LogP contribution >= 0.6 is 0 Å². The van der Waals surface area contributed by atoms with Crippen LogP contribution in [0.5, 0.6) is 0 Å². The molecule has 6 heteroatoms. The van der Waals surface area contributed by atoms with Gasteiger partial charge in [0, 0.05) is 46.0 Å². The molecular weight excluding hydrogens is 630 g/mol. The number of allylic oxidation sites excluding steroid dienone is 10. The van der Waals surface area contributed by atoms with Crippen molar-refractivity contribution in [3.8, 4) is 18.2 Å². The molecule has 0 radical (unpaired) electrons. The van der Waals surface area contributed by atoms with Crippen molar-refractivity contribution in [3.05, 3.63) is 184 Å². The average molecular weight is 664 g/mol. The number of benzene rings is 3. The summed E-state index contributed by atoms with van der Waals surface area (Å²) in [5.41, 5.74) is 9.74. The molecule has 0 N–H and O–H groups in total. The number of para-hydroxylation sites is 1. The number of anilines is 2. The van der Waals surface area contributed by atoms with Crippen LogP contribution in [0, 0.1) is 34.0 Å². The minimum Gasteiger partial charge on any atom is -0.356 e. The predicted octanol–water partition coefficient (Wildman–Crippen LogP) is 9.38. The zero-order valence-electron chi connectivity index (χ0n) is 28.1. The Bertz CT molecular complexity index is 2310. The third-order valence-electron chi connectivity index (χ3n) is 10.8. The summed E-state index contributed by atoms with van der Waals surface area (Å²) in [5, 5.41) is 29.4. The molecule has 0 saturated heterocycles. The van der Waals surface area contributed by atoms with E-state index in [1.807, 2.05) is 83.8 Å². The molecule has 3 aromatic carbocycles. The number of nitrogens with zero attached hydrogens (tertiary/aromatic N) is 5. The maximum Gasteiger partial charge on any atom is 0.129 e. The van der Waals surface area contributed by atoms with Crippen LogP contribution in [0.1, 0.15) is 52.5 Å². The summed E-state index contributed by atoms with van der Waals surface area (Å²) in [7, 11) is 0. The van der Waals surface area contributed by atoms with Crippen LogP contribution in [0.4, 0.5) is 15.8 Å². The molecule has 0 spiro atoms. The van der Waals surface area contributed by atoms with Gasteiger partial charge in [-0.15, -0.1) is 0 Å². The summed E-state index contributed by atoms with van der Waals surface area (Å²) in [6, 6.07) is 28.9.